The van der Waals surface area contributed by atoms with E-state index in [1.165, 1.54) is 30.2 Å². The fourth-order valence-corrected chi connectivity index (χ4v) is 5.14. The molecule has 0 bridgehead atoms. The quantitative estimate of drug-likeness (QED) is 0.716. The molecule has 1 aliphatic rings. The molecule has 0 spiro atoms. The highest BCUT2D eigenvalue weighted by Crippen LogP contribution is 2.45. The van der Waals surface area contributed by atoms with Crippen LogP contribution >= 0.6 is 27.3 Å². The van der Waals surface area contributed by atoms with Crippen molar-refractivity contribution in [2.75, 3.05) is 6.54 Å². The summed E-state index contributed by atoms with van der Waals surface area (Å²) in [5.74, 6) is 2.43. The first-order valence-corrected chi connectivity index (χ1v) is 9.56. The third-order valence-electron chi connectivity index (χ3n) is 4.56. The van der Waals surface area contributed by atoms with Gasteiger partial charge in [-0.25, -0.2) is 0 Å². The standard InChI is InChI=1S/C17H28BrNS/c1-5-12-6-7-13(11-19-17(2,3)4)14(10-12)16-15(18)8-9-20-16/h8-9,12-14,19H,5-7,10-11H2,1-4H3. The van der Waals surface area contributed by atoms with Crippen molar-refractivity contribution in [1.29, 1.82) is 0 Å². The number of nitrogens with one attached hydrogen (secondary N) is 1. The van der Waals surface area contributed by atoms with Gasteiger partial charge in [0.25, 0.3) is 0 Å². The molecule has 2 rings (SSSR count). The predicted octanol–water partition coefficient (Wildman–Crippen LogP) is 5.81. The highest BCUT2D eigenvalue weighted by Gasteiger charge is 2.33. The molecule has 20 heavy (non-hydrogen) atoms. The first-order chi connectivity index (χ1) is 9.40. The van der Waals surface area contributed by atoms with Crippen LogP contribution in [0, 0.1) is 11.8 Å². The first kappa shape index (κ1) is 16.5. The zero-order valence-electron chi connectivity index (χ0n) is 13.2. The summed E-state index contributed by atoms with van der Waals surface area (Å²) in [6, 6.07) is 2.21. The zero-order chi connectivity index (χ0) is 14.8. The average Bonchev–Trinajstić information content (AvgIpc) is 2.81. The van der Waals surface area contributed by atoms with Crippen LogP contribution in [0.5, 0.6) is 0 Å². The topological polar surface area (TPSA) is 12.0 Å². The smallest absolute Gasteiger partial charge is 0.0317 e. The maximum Gasteiger partial charge on any atom is 0.0317 e. The lowest BCUT2D eigenvalue weighted by Crippen LogP contribution is -2.41. The minimum atomic E-state index is 0.221. The van der Waals surface area contributed by atoms with E-state index >= 15 is 0 Å². The fourth-order valence-electron chi connectivity index (χ4n) is 3.26. The molecule has 114 valence electrons. The summed E-state index contributed by atoms with van der Waals surface area (Å²) >= 11 is 5.68. The van der Waals surface area contributed by atoms with E-state index in [4.69, 9.17) is 0 Å². The van der Waals surface area contributed by atoms with E-state index in [9.17, 15) is 0 Å². The van der Waals surface area contributed by atoms with Gasteiger partial charge in [-0.1, -0.05) is 19.8 Å². The summed E-state index contributed by atoms with van der Waals surface area (Å²) in [7, 11) is 0. The van der Waals surface area contributed by atoms with Crippen LogP contribution in [0.3, 0.4) is 0 Å². The lowest BCUT2D eigenvalue weighted by atomic mass is 9.72. The van der Waals surface area contributed by atoms with E-state index in [-0.39, 0.29) is 5.54 Å². The largest absolute Gasteiger partial charge is 0.312 e. The van der Waals surface area contributed by atoms with Gasteiger partial charge >= 0.3 is 0 Å². The fraction of sp³-hybridized carbons (Fsp3) is 0.765. The van der Waals surface area contributed by atoms with Gasteiger partial charge in [0.05, 0.1) is 0 Å². The summed E-state index contributed by atoms with van der Waals surface area (Å²) in [5.41, 5.74) is 0.221. The predicted molar refractivity (Wildman–Crippen MR) is 93.6 cm³/mol. The molecule has 0 radical (unpaired) electrons. The third-order valence-corrected chi connectivity index (χ3v) is 6.56. The minimum absolute atomic E-state index is 0.221. The molecule has 0 aromatic carbocycles. The Morgan fingerprint density at radius 1 is 1.35 bits per heavy atom. The van der Waals surface area contributed by atoms with Crippen LogP contribution in [0.4, 0.5) is 0 Å². The Labute approximate surface area is 136 Å². The number of thiophene rings is 1. The van der Waals surface area contributed by atoms with Crippen LogP contribution in [0.25, 0.3) is 0 Å². The second kappa shape index (κ2) is 6.93. The molecule has 1 N–H and O–H groups in total. The Morgan fingerprint density at radius 3 is 2.65 bits per heavy atom. The maximum absolute atomic E-state index is 3.75. The molecular weight excluding hydrogens is 330 g/mol. The van der Waals surface area contributed by atoms with Gasteiger partial charge in [0.15, 0.2) is 0 Å². The van der Waals surface area contributed by atoms with Gasteiger partial charge in [0.1, 0.15) is 0 Å². The van der Waals surface area contributed by atoms with Crippen LogP contribution in [0.15, 0.2) is 15.9 Å². The second-order valence-electron chi connectivity index (χ2n) is 7.22. The lowest BCUT2D eigenvalue weighted by Gasteiger charge is -2.37. The Kier molecular flexibility index (Phi) is 5.72. The van der Waals surface area contributed by atoms with Crippen molar-refractivity contribution < 1.29 is 0 Å². The molecule has 1 saturated carbocycles. The van der Waals surface area contributed by atoms with E-state index in [0.29, 0.717) is 0 Å². The summed E-state index contributed by atoms with van der Waals surface area (Å²) < 4.78 is 1.32. The van der Waals surface area contributed by atoms with Crippen LogP contribution in [-0.2, 0) is 0 Å². The maximum atomic E-state index is 3.75. The van der Waals surface area contributed by atoms with Crippen molar-refractivity contribution in [2.45, 2.75) is 64.8 Å². The summed E-state index contributed by atoms with van der Waals surface area (Å²) in [6.07, 6.45) is 5.48. The molecule has 1 aliphatic carbocycles. The van der Waals surface area contributed by atoms with Crippen molar-refractivity contribution in [3.8, 4) is 0 Å². The molecule has 1 aromatic heterocycles. The molecule has 0 saturated heterocycles. The van der Waals surface area contributed by atoms with Crippen molar-refractivity contribution in [3.05, 3.63) is 20.8 Å². The van der Waals surface area contributed by atoms with Crippen molar-refractivity contribution in [3.63, 3.8) is 0 Å². The Bertz CT molecular complexity index is 421. The number of rotatable bonds is 4. The van der Waals surface area contributed by atoms with E-state index in [0.717, 1.165) is 24.3 Å². The van der Waals surface area contributed by atoms with E-state index in [1.807, 2.05) is 11.3 Å². The lowest BCUT2D eigenvalue weighted by molar-refractivity contribution is 0.215. The van der Waals surface area contributed by atoms with Crippen LogP contribution < -0.4 is 5.32 Å². The summed E-state index contributed by atoms with van der Waals surface area (Å²) in [5, 5.41) is 5.95. The van der Waals surface area contributed by atoms with Gasteiger partial charge in [-0.3, -0.25) is 0 Å². The van der Waals surface area contributed by atoms with Gasteiger partial charge in [-0.2, -0.15) is 0 Å². The molecule has 1 fully saturated rings. The van der Waals surface area contributed by atoms with Crippen molar-refractivity contribution >= 4 is 27.3 Å². The molecule has 1 aromatic rings. The minimum Gasteiger partial charge on any atom is -0.312 e. The summed E-state index contributed by atoms with van der Waals surface area (Å²) in [4.78, 5) is 1.57. The number of halogens is 1. The van der Waals surface area contributed by atoms with Gasteiger partial charge in [-0.15, -0.1) is 11.3 Å². The van der Waals surface area contributed by atoms with Gasteiger partial charge in [0.2, 0.25) is 0 Å². The molecule has 1 nitrogen and oxygen atoms in total. The Morgan fingerprint density at radius 2 is 2.10 bits per heavy atom. The van der Waals surface area contributed by atoms with Crippen molar-refractivity contribution in [1.82, 2.24) is 5.32 Å². The third kappa shape index (κ3) is 4.32. The molecule has 0 aliphatic heterocycles. The van der Waals surface area contributed by atoms with E-state index in [2.05, 4.69) is 60.4 Å². The Hall–Kier alpha value is 0.140. The Balaban J connectivity index is 2.10. The van der Waals surface area contributed by atoms with E-state index in [1.54, 1.807) is 4.88 Å². The molecule has 3 unspecified atom stereocenters. The molecule has 0 amide bonds. The second-order valence-corrected chi connectivity index (χ2v) is 9.02. The molecule has 3 atom stereocenters. The highest BCUT2D eigenvalue weighted by atomic mass is 79.9. The van der Waals surface area contributed by atoms with E-state index < -0.39 is 0 Å². The first-order valence-electron chi connectivity index (χ1n) is 7.88. The SMILES string of the molecule is CCC1CCC(CNC(C)(C)C)C(c2sccc2Br)C1. The van der Waals surface area contributed by atoms with Crippen LogP contribution in [0.2, 0.25) is 0 Å². The summed E-state index contributed by atoms with van der Waals surface area (Å²) in [6.45, 7) is 10.3. The van der Waals surface area contributed by atoms with Crippen LogP contribution in [0.1, 0.15) is 64.2 Å². The van der Waals surface area contributed by atoms with Gasteiger partial charge in [-0.05, 0) is 85.3 Å². The average molecular weight is 358 g/mol. The normalized spacial score (nSPS) is 27.8. The molecular formula is C17H28BrNS. The molecule has 1 heterocycles. The van der Waals surface area contributed by atoms with Crippen molar-refractivity contribution in [2.24, 2.45) is 11.8 Å². The van der Waals surface area contributed by atoms with Gasteiger partial charge in [0, 0.05) is 14.9 Å². The number of hydrogen-bond donors (Lipinski definition) is 1. The highest BCUT2D eigenvalue weighted by molar-refractivity contribution is 9.10. The number of hydrogen-bond acceptors (Lipinski definition) is 2. The van der Waals surface area contributed by atoms with Crippen LogP contribution in [-0.4, -0.2) is 12.1 Å². The zero-order valence-corrected chi connectivity index (χ0v) is 15.6. The monoisotopic (exact) mass is 357 g/mol. The van der Waals surface area contributed by atoms with Gasteiger partial charge < -0.3 is 5.32 Å². The molecule has 3 heteroatoms.